The van der Waals surface area contributed by atoms with Crippen LogP contribution < -0.4 is 10.1 Å². The standard InChI is InChI=1S/C18H19F2NO2/c1-18(2,3)11-5-8-16(23-4)15(9-11)21-17(22)13-7-6-12(19)10-14(13)20/h5-10H,1-4H3,(H,21,22). The fraction of sp³-hybridized carbons (Fsp3) is 0.278. The second kappa shape index (κ2) is 6.36. The van der Waals surface area contributed by atoms with Crippen LogP contribution in [0.1, 0.15) is 36.7 Å². The minimum Gasteiger partial charge on any atom is -0.495 e. The maximum Gasteiger partial charge on any atom is 0.258 e. The third kappa shape index (κ3) is 3.86. The van der Waals surface area contributed by atoms with Crippen molar-refractivity contribution < 1.29 is 18.3 Å². The highest BCUT2D eigenvalue weighted by Crippen LogP contribution is 2.31. The van der Waals surface area contributed by atoms with Crippen LogP contribution in [0.25, 0.3) is 0 Å². The van der Waals surface area contributed by atoms with Gasteiger partial charge in [0.1, 0.15) is 17.4 Å². The number of rotatable bonds is 3. The maximum atomic E-state index is 13.7. The molecule has 0 fully saturated rings. The highest BCUT2D eigenvalue weighted by atomic mass is 19.1. The highest BCUT2D eigenvalue weighted by molar-refractivity contribution is 6.05. The van der Waals surface area contributed by atoms with E-state index in [9.17, 15) is 13.6 Å². The molecular formula is C18H19F2NO2. The van der Waals surface area contributed by atoms with Crippen molar-refractivity contribution in [3.05, 3.63) is 59.2 Å². The Kier molecular flexibility index (Phi) is 4.68. The number of hydrogen-bond donors (Lipinski definition) is 1. The van der Waals surface area contributed by atoms with Crippen LogP contribution in [0.2, 0.25) is 0 Å². The zero-order valence-corrected chi connectivity index (χ0v) is 13.5. The van der Waals surface area contributed by atoms with Gasteiger partial charge in [0.05, 0.1) is 18.4 Å². The molecule has 0 aliphatic heterocycles. The van der Waals surface area contributed by atoms with Gasteiger partial charge in [0.15, 0.2) is 0 Å². The molecule has 0 saturated heterocycles. The summed E-state index contributed by atoms with van der Waals surface area (Å²) in [6.07, 6.45) is 0. The molecule has 0 unspecified atom stereocenters. The first-order valence-electron chi connectivity index (χ1n) is 7.17. The predicted octanol–water partition coefficient (Wildman–Crippen LogP) is 4.52. The number of ether oxygens (including phenoxy) is 1. The molecule has 0 aliphatic rings. The Balaban J connectivity index is 2.36. The fourth-order valence-corrected chi connectivity index (χ4v) is 2.14. The summed E-state index contributed by atoms with van der Waals surface area (Å²) in [6, 6.07) is 8.28. The van der Waals surface area contributed by atoms with Gasteiger partial charge in [-0.05, 0) is 35.2 Å². The van der Waals surface area contributed by atoms with Gasteiger partial charge in [-0.1, -0.05) is 26.8 Å². The lowest BCUT2D eigenvalue weighted by molar-refractivity contribution is 0.102. The third-order valence-electron chi connectivity index (χ3n) is 3.49. The molecule has 122 valence electrons. The number of carbonyl (C=O) groups excluding carboxylic acids is 1. The van der Waals surface area contributed by atoms with Crippen LogP contribution in [0, 0.1) is 11.6 Å². The lowest BCUT2D eigenvalue weighted by Crippen LogP contribution is -2.16. The second-order valence-electron chi connectivity index (χ2n) is 6.24. The van der Waals surface area contributed by atoms with Gasteiger partial charge >= 0.3 is 0 Å². The van der Waals surface area contributed by atoms with Crippen LogP contribution in [0.4, 0.5) is 14.5 Å². The van der Waals surface area contributed by atoms with Crippen LogP contribution in [0.5, 0.6) is 5.75 Å². The minimum absolute atomic E-state index is 0.118. The highest BCUT2D eigenvalue weighted by Gasteiger charge is 2.18. The van der Waals surface area contributed by atoms with Gasteiger partial charge in [0, 0.05) is 6.07 Å². The molecule has 0 atom stereocenters. The summed E-state index contributed by atoms with van der Waals surface area (Å²) in [4.78, 5) is 12.2. The average Bonchev–Trinajstić information content (AvgIpc) is 2.46. The van der Waals surface area contributed by atoms with Crippen molar-refractivity contribution in [3.8, 4) is 5.75 Å². The molecule has 0 aliphatic carbocycles. The van der Waals surface area contributed by atoms with Gasteiger partial charge < -0.3 is 10.1 Å². The lowest BCUT2D eigenvalue weighted by atomic mass is 9.87. The van der Waals surface area contributed by atoms with E-state index in [0.717, 1.165) is 17.7 Å². The van der Waals surface area contributed by atoms with Crippen molar-refractivity contribution >= 4 is 11.6 Å². The topological polar surface area (TPSA) is 38.3 Å². The van der Waals surface area contributed by atoms with E-state index >= 15 is 0 Å². The van der Waals surface area contributed by atoms with E-state index < -0.39 is 17.5 Å². The summed E-state index contributed by atoms with van der Waals surface area (Å²) in [5, 5.41) is 2.62. The van der Waals surface area contributed by atoms with Crippen LogP contribution in [0.15, 0.2) is 36.4 Å². The molecule has 1 N–H and O–H groups in total. The Morgan fingerprint density at radius 2 is 1.78 bits per heavy atom. The van der Waals surface area contributed by atoms with Gasteiger partial charge in [-0.25, -0.2) is 8.78 Å². The quantitative estimate of drug-likeness (QED) is 0.903. The van der Waals surface area contributed by atoms with Gasteiger partial charge in [-0.2, -0.15) is 0 Å². The van der Waals surface area contributed by atoms with Crippen LogP contribution in [0.3, 0.4) is 0 Å². The number of hydrogen-bond acceptors (Lipinski definition) is 2. The van der Waals surface area contributed by atoms with Crippen molar-refractivity contribution in [1.29, 1.82) is 0 Å². The lowest BCUT2D eigenvalue weighted by Gasteiger charge is -2.21. The van der Waals surface area contributed by atoms with Crippen molar-refractivity contribution in [3.63, 3.8) is 0 Å². The molecule has 1 amide bonds. The minimum atomic E-state index is -0.909. The van der Waals surface area contributed by atoms with E-state index in [-0.39, 0.29) is 11.0 Å². The van der Waals surface area contributed by atoms with Crippen LogP contribution in [-0.2, 0) is 5.41 Å². The van der Waals surface area contributed by atoms with E-state index in [0.29, 0.717) is 17.5 Å². The number of nitrogens with one attached hydrogen (secondary N) is 1. The van der Waals surface area contributed by atoms with Crippen molar-refractivity contribution in [1.82, 2.24) is 0 Å². The largest absolute Gasteiger partial charge is 0.495 e. The SMILES string of the molecule is COc1ccc(C(C)(C)C)cc1NC(=O)c1ccc(F)cc1F. The van der Waals surface area contributed by atoms with E-state index in [1.165, 1.54) is 7.11 Å². The summed E-state index contributed by atoms with van der Waals surface area (Å²) in [6.45, 7) is 6.13. The molecular weight excluding hydrogens is 300 g/mol. The molecule has 0 radical (unpaired) electrons. The molecule has 23 heavy (non-hydrogen) atoms. The van der Waals surface area contributed by atoms with E-state index in [2.05, 4.69) is 5.32 Å². The molecule has 0 bridgehead atoms. The summed E-state index contributed by atoms with van der Waals surface area (Å²) < 4.78 is 31.9. The Bertz CT molecular complexity index is 736. The Morgan fingerprint density at radius 1 is 1.09 bits per heavy atom. The van der Waals surface area contributed by atoms with Crippen molar-refractivity contribution in [2.75, 3.05) is 12.4 Å². The zero-order valence-electron chi connectivity index (χ0n) is 13.5. The second-order valence-corrected chi connectivity index (χ2v) is 6.24. The Hall–Kier alpha value is -2.43. The number of halogens is 2. The van der Waals surface area contributed by atoms with Gasteiger partial charge in [0.25, 0.3) is 5.91 Å². The zero-order chi connectivity index (χ0) is 17.2. The number of amides is 1. The summed E-state index contributed by atoms with van der Waals surface area (Å²) in [5.74, 6) is -1.83. The maximum absolute atomic E-state index is 13.7. The number of anilines is 1. The molecule has 0 heterocycles. The molecule has 2 rings (SSSR count). The average molecular weight is 319 g/mol. The molecule has 0 aromatic heterocycles. The fourth-order valence-electron chi connectivity index (χ4n) is 2.14. The van der Waals surface area contributed by atoms with Gasteiger partial charge in [-0.15, -0.1) is 0 Å². The Labute approximate surface area is 134 Å². The van der Waals surface area contributed by atoms with Crippen molar-refractivity contribution in [2.24, 2.45) is 0 Å². The van der Waals surface area contributed by atoms with E-state index in [4.69, 9.17) is 4.74 Å². The molecule has 2 aromatic rings. The number of carbonyl (C=O) groups is 1. The summed E-state index contributed by atoms with van der Waals surface area (Å²) in [7, 11) is 1.49. The normalized spacial score (nSPS) is 11.2. The van der Waals surface area contributed by atoms with Crippen LogP contribution in [-0.4, -0.2) is 13.0 Å². The van der Waals surface area contributed by atoms with Crippen molar-refractivity contribution in [2.45, 2.75) is 26.2 Å². The molecule has 0 spiro atoms. The smallest absolute Gasteiger partial charge is 0.258 e. The number of methoxy groups -OCH3 is 1. The molecule has 2 aromatic carbocycles. The first-order chi connectivity index (χ1) is 10.7. The monoisotopic (exact) mass is 319 g/mol. The molecule has 5 heteroatoms. The van der Waals surface area contributed by atoms with E-state index in [1.807, 2.05) is 26.8 Å². The van der Waals surface area contributed by atoms with Crippen LogP contribution >= 0.6 is 0 Å². The van der Waals surface area contributed by atoms with E-state index in [1.54, 1.807) is 12.1 Å². The third-order valence-corrected chi connectivity index (χ3v) is 3.49. The number of benzene rings is 2. The molecule has 0 saturated carbocycles. The summed E-state index contributed by atoms with van der Waals surface area (Å²) >= 11 is 0. The first-order valence-corrected chi connectivity index (χ1v) is 7.17. The molecule has 3 nitrogen and oxygen atoms in total. The first kappa shape index (κ1) is 16.9. The van der Waals surface area contributed by atoms with Gasteiger partial charge in [-0.3, -0.25) is 4.79 Å². The van der Waals surface area contributed by atoms with Gasteiger partial charge in [0.2, 0.25) is 0 Å². The predicted molar refractivity (Wildman–Crippen MR) is 86.0 cm³/mol. The Morgan fingerprint density at radius 3 is 2.35 bits per heavy atom. The summed E-state index contributed by atoms with van der Waals surface area (Å²) in [5.41, 5.74) is 1.09.